The van der Waals surface area contributed by atoms with E-state index in [1.54, 1.807) is 0 Å². The molecule has 5 aromatic carbocycles. The highest BCUT2D eigenvalue weighted by atomic mass is 16.6. The number of rotatable bonds is 5. The van der Waals surface area contributed by atoms with Crippen LogP contribution in [0.5, 0.6) is 0 Å². The SMILES string of the molecule is Cc1ccc(-c2c3ccccc3nc3cccc(C(OC(=O)Nc4ccccc4)c4ccc(C)c(C)c4)c23)cc1C. The van der Waals surface area contributed by atoms with Gasteiger partial charge in [-0.1, -0.05) is 84.9 Å². The highest BCUT2D eigenvalue weighted by Crippen LogP contribution is 2.41. The first-order valence-corrected chi connectivity index (χ1v) is 13.9. The van der Waals surface area contributed by atoms with Crippen molar-refractivity contribution in [2.24, 2.45) is 0 Å². The molecule has 1 amide bonds. The van der Waals surface area contributed by atoms with Gasteiger partial charge < -0.3 is 4.74 Å². The largest absolute Gasteiger partial charge is 0.436 e. The van der Waals surface area contributed by atoms with Gasteiger partial charge in [0.2, 0.25) is 0 Å². The molecule has 4 nitrogen and oxygen atoms in total. The lowest BCUT2D eigenvalue weighted by molar-refractivity contribution is 0.131. The third kappa shape index (κ3) is 5.17. The Morgan fingerprint density at radius 3 is 2.12 bits per heavy atom. The van der Waals surface area contributed by atoms with Gasteiger partial charge in [0.25, 0.3) is 0 Å². The number of carbonyl (C=O) groups is 1. The molecule has 0 aliphatic heterocycles. The lowest BCUT2D eigenvalue weighted by atomic mass is 9.88. The maximum absolute atomic E-state index is 13.4. The predicted octanol–water partition coefficient (Wildman–Crippen LogP) is 9.63. The van der Waals surface area contributed by atoms with Gasteiger partial charge in [0.15, 0.2) is 6.10 Å². The van der Waals surface area contributed by atoms with Crippen LogP contribution in [0, 0.1) is 27.7 Å². The van der Waals surface area contributed by atoms with Crippen molar-refractivity contribution in [3.63, 3.8) is 0 Å². The highest BCUT2D eigenvalue weighted by molar-refractivity contribution is 6.11. The molecule has 0 fully saturated rings. The lowest BCUT2D eigenvalue weighted by Gasteiger charge is -2.23. The Bertz CT molecular complexity index is 1910. The number of ether oxygens (including phenoxy) is 1. The number of benzene rings is 5. The number of para-hydroxylation sites is 2. The third-order valence-corrected chi connectivity index (χ3v) is 7.90. The van der Waals surface area contributed by atoms with Gasteiger partial charge in [-0.3, -0.25) is 5.32 Å². The number of pyridine rings is 1. The molecule has 0 bridgehead atoms. The maximum Gasteiger partial charge on any atom is 0.412 e. The molecule has 1 unspecified atom stereocenters. The number of fused-ring (bicyclic) bond motifs is 2. The van der Waals surface area contributed by atoms with Gasteiger partial charge in [-0.25, -0.2) is 9.78 Å². The number of nitrogens with zero attached hydrogens (tertiary/aromatic N) is 1. The molecule has 0 aliphatic carbocycles. The van der Waals surface area contributed by atoms with E-state index in [0.717, 1.165) is 49.6 Å². The summed E-state index contributed by atoms with van der Waals surface area (Å²) in [6, 6.07) is 36.5. The quantitative estimate of drug-likeness (QED) is 0.223. The molecule has 1 N–H and O–H groups in total. The molecular weight excluding hydrogens is 504 g/mol. The van der Waals surface area contributed by atoms with Crippen LogP contribution in [0.2, 0.25) is 0 Å². The monoisotopic (exact) mass is 536 g/mol. The van der Waals surface area contributed by atoms with Crippen molar-refractivity contribution in [1.29, 1.82) is 0 Å². The number of carbonyl (C=O) groups excluding carboxylic acids is 1. The van der Waals surface area contributed by atoms with Crippen molar-refractivity contribution in [1.82, 2.24) is 4.98 Å². The summed E-state index contributed by atoms with van der Waals surface area (Å²) in [4.78, 5) is 18.4. The van der Waals surface area contributed by atoms with E-state index in [4.69, 9.17) is 9.72 Å². The minimum Gasteiger partial charge on any atom is -0.436 e. The summed E-state index contributed by atoms with van der Waals surface area (Å²) in [6.07, 6.45) is -1.17. The van der Waals surface area contributed by atoms with Crippen molar-refractivity contribution in [2.45, 2.75) is 33.8 Å². The Morgan fingerprint density at radius 2 is 1.37 bits per heavy atom. The number of hydrogen-bond donors (Lipinski definition) is 1. The van der Waals surface area contributed by atoms with Crippen LogP contribution < -0.4 is 5.32 Å². The molecule has 0 saturated carbocycles. The fraction of sp³-hybridized carbons (Fsp3) is 0.135. The highest BCUT2D eigenvalue weighted by Gasteiger charge is 2.25. The minimum atomic E-state index is -0.657. The fourth-order valence-corrected chi connectivity index (χ4v) is 5.40. The van der Waals surface area contributed by atoms with Crippen LogP contribution in [0.25, 0.3) is 32.9 Å². The summed E-state index contributed by atoms with van der Waals surface area (Å²) >= 11 is 0. The predicted molar refractivity (Wildman–Crippen MR) is 168 cm³/mol. The second kappa shape index (κ2) is 10.9. The van der Waals surface area contributed by atoms with E-state index < -0.39 is 12.2 Å². The van der Waals surface area contributed by atoms with E-state index in [2.05, 4.69) is 81.5 Å². The zero-order chi connectivity index (χ0) is 28.5. The van der Waals surface area contributed by atoms with Crippen molar-refractivity contribution >= 4 is 33.6 Å². The Balaban J connectivity index is 1.61. The standard InChI is InChI=1S/C37H32N2O2/c1-23-17-19-27(21-25(23)3)34-30-13-8-9-15-32(30)39-33-16-10-14-31(35(33)34)36(28-20-18-24(2)26(4)22-28)41-37(40)38-29-11-6-5-7-12-29/h5-22,36H,1-4H3,(H,38,40). The zero-order valence-corrected chi connectivity index (χ0v) is 23.7. The van der Waals surface area contributed by atoms with Crippen LogP contribution >= 0.6 is 0 Å². The molecule has 0 saturated heterocycles. The summed E-state index contributed by atoms with van der Waals surface area (Å²) in [7, 11) is 0. The Labute approximate surface area is 240 Å². The number of aromatic nitrogens is 1. The van der Waals surface area contributed by atoms with Crippen LogP contribution in [0.3, 0.4) is 0 Å². The van der Waals surface area contributed by atoms with Crippen molar-refractivity contribution in [3.05, 3.63) is 143 Å². The molecule has 202 valence electrons. The average molecular weight is 537 g/mol. The van der Waals surface area contributed by atoms with E-state index in [0.29, 0.717) is 5.69 Å². The summed E-state index contributed by atoms with van der Waals surface area (Å²) in [5.41, 5.74) is 11.2. The molecule has 1 atom stereocenters. The second-order valence-corrected chi connectivity index (χ2v) is 10.7. The van der Waals surface area contributed by atoms with Gasteiger partial charge in [0.1, 0.15) is 0 Å². The molecule has 41 heavy (non-hydrogen) atoms. The van der Waals surface area contributed by atoms with Gasteiger partial charge in [-0.05, 0) is 85.3 Å². The summed E-state index contributed by atoms with van der Waals surface area (Å²) in [5, 5.41) is 4.93. The third-order valence-electron chi connectivity index (χ3n) is 7.90. The van der Waals surface area contributed by atoms with Crippen molar-refractivity contribution < 1.29 is 9.53 Å². The first-order valence-electron chi connectivity index (χ1n) is 13.9. The molecule has 1 aromatic heterocycles. The summed E-state index contributed by atoms with van der Waals surface area (Å²) < 4.78 is 6.30. The van der Waals surface area contributed by atoms with Crippen LogP contribution in [0.4, 0.5) is 10.5 Å². The normalized spacial score (nSPS) is 11.9. The second-order valence-electron chi connectivity index (χ2n) is 10.7. The summed E-state index contributed by atoms with van der Waals surface area (Å²) in [6.45, 7) is 8.43. The Morgan fingerprint density at radius 1 is 0.683 bits per heavy atom. The van der Waals surface area contributed by atoms with Gasteiger partial charge in [0.05, 0.1) is 11.0 Å². The van der Waals surface area contributed by atoms with Crippen molar-refractivity contribution in [3.8, 4) is 11.1 Å². The van der Waals surface area contributed by atoms with Crippen LogP contribution in [0.1, 0.15) is 39.5 Å². The molecule has 0 radical (unpaired) electrons. The zero-order valence-electron chi connectivity index (χ0n) is 23.7. The lowest BCUT2D eigenvalue weighted by Crippen LogP contribution is -2.19. The number of amides is 1. The van der Waals surface area contributed by atoms with Gasteiger partial charge in [-0.15, -0.1) is 0 Å². The van der Waals surface area contributed by atoms with Gasteiger partial charge >= 0.3 is 6.09 Å². The van der Waals surface area contributed by atoms with Gasteiger partial charge in [-0.2, -0.15) is 0 Å². The minimum absolute atomic E-state index is 0.516. The molecule has 6 rings (SSSR count). The molecular formula is C37H32N2O2. The van der Waals surface area contributed by atoms with Crippen molar-refractivity contribution in [2.75, 3.05) is 5.32 Å². The van der Waals surface area contributed by atoms with E-state index in [-0.39, 0.29) is 0 Å². The molecule has 4 heteroatoms. The number of hydrogen-bond acceptors (Lipinski definition) is 3. The Hall–Kier alpha value is -4.96. The Kier molecular flexibility index (Phi) is 6.98. The van der Waals surface area contributed by atoms with E-state index in [9.17, 15) is 4.79 Å². The van der Waals surface area contributed by atoms with E-state index in [1.165, 1.54) is 16.7 Å². The number of nitrogens with one attached hydrogen (secondary N) is 1. The smallest absolute Gasteiger partial charge is 0.412 e. The van der Waals surface area contributed by atoms with Crippen LogP contribution in [-0.4, -0.2) is 11.1 Å². The molecule has 0 spiro atoms. The van der Waals surface area contributed by atoms with Crippen LogP contribution in [-0.2, 0) is 4.74 Å². The van der Waals surface area contributed by atoms with Gasteiger partial charge in [0, 0.05) is 27.6 Å². The number of aryl methyl sites for hydroxylation is 4. The molecule has 0 aliphatic rings. The first-order chi connectivity index (χ1) is 19.9. The molecule has 1 heterocycles. The average Bonchev–Trinajstić information content (AvgIpc) is 2.98. The molecule has 6 aromatic rings. The van der Waals surface area contributed by atoms with E-state index in [1.807, 2.05) is 60.7 Å². The topological polar surface area (TPSA) is 51.2 Å². The van der Waals surface area contributed by atoms with E-state index >= 15 is 0 Å². The maximum atomic E-state index is 13.4. The summed E-state index contributed by atoms with van der Waals surface area (Å²) in [5.74, 6) is 0. The van der Waals surface area contributed by atoms with Crippen LogP contribution in [0.15, 0.2) is 109 Å². The first kappa shape index (κ1) is 26.3. The fourth-order valence-electron chi connectivity index (χ4n) is 5.40. The number of anilines is 1.